The zero-order valence-electron chi connectivity index (χ0n) is 16.7. The first kappa shape index (κ1) is 22.2. The standard InChI is InChI=1S/C23H42N2/c1-2-3-4-5-6-7-8-9-10-11-12-13-14-18-21-25(24)22-23-19-16-15-17-20-23/h15-17,19-20H,2-14,18,21-22,24H2,1H3. The predicted molar refractivity (Wildman–Crippen MR) is 111 cm³/mol. The normalized spacial score (nSPS) is 11.3. The molecule has 0 atom stereocenters. The average Bonchev–Trinajstić information content (AvgIpc) is 2.63. The first-order chi connectivity index (χ1) is 12.3. The van der Waals surface area contributed by atoms with Gasteiger partial charge in [0.05, 0.1) is 0 Å². The van der Waals surface area contributed by atoms with Gasteiger partial charge in [0.2, 0.25) is 0 Å². The summed E-state index contributed by atoms with van der Waals surface area (Å²) in [5.74, 6) is 6.09. The Morgan fingerprint density at radius 1 is 0.640 bits per heavy atom. The van der Waals surface area contributed by atoms with Crippen molar-refractivity contribution in [2.24, 2.45) is 5.84 Å². The Kier molecular flexibility index (Phi) is 14.7. The van der Waals surface area contributed by atoms with E-state index in [1.807, 2.05) is 5.01 Å². The molecule has 0 spiro atoms. The van der Waals surface area contributed by atoms with Crippen molar-refractivity contribution in [2.75, 3.05) is 6.54 Å². The number of nitrogens with two attached hydrogens (primary N) is 1. The minimum Gasteiger partial charge on any atom is -0.268 e. The van der Waals surface area contributed by atoms with E-state index >= 15 is 0 Å². The Balaban J connectivity index is 1.78. The lowest BCUT2D eigenvalue weighted by Gasteiger charge is -2.16. The summed E-state index contributed by atoms with van der Waals surface area (Å²) in [6.45, 7) is 4.16. The zero-order valence-corrected chi connectivity index (χ0v) is 16.7. The third-order valence-electron chi connectivity index (χ3n) is 5.03. The van der Waals surface area contributed by atoms with Crippen LogP contribution < -0.4 is 5.84 Å². The largest absolute Gasteiger partial charge is 0.268 e. The molecule has 144 valence electrons. The Hall–Kier alpha value is -0.860. The molecule has 0 radical (unpaired) electrons. The van der Waals surface area contributed by atoms with E-state index in [0.29, 0.717) is 0 Å². The van der Waals surface area contributed by atoms with E-state index < -0.39 is 0 Å². The highest BCUT2D eigenvalue weighted by atomic mass is 15.4. The van der Waals surface area contributed by atoms with Gasteiger partial charge in [0.15, 0.2) is 0 Å². The van der Waals surface area contributed by atoms with Gasteiger partial charge in [-0.15, -0.1) is 0 Å². The number of benzene rings is 1. The Morgan fingerprint density at radius 3 is 1.56 bits per heavy atom. The molecule has 0 aliphatic carbocycles. The van der Waals surface area contributed by atoms with Crippen molar-refractivity contribution in [3.8, 4) is 0 Å². The number of nitrogens with zero attached hydrogens (tertiary/aromatic N) is 1. The minimum absolute atomic E-state index is 0.860. The SMILES string of the molecule is CCCCCCCCCCCCCCCCN(N)Cc1ccccc1. The highest BCUT2D eigenvalue weighted by Gasteiger charge is 2.00. The van der Waals surface area contributed by atoms with Crippen molar-refractivity contribution in [3.63, 3.8) is 0 Å². The van der Waals surface area contributed by atoms with E-state index in [1.165, 1.54) is 95.5 Å². The van der Waals surface area contributed by atoms with Gasteiger partial charge in [-0.05, 0) is 12.0 Å². The first-order valence-electron chi connectivity index (χ1n) is 10.9. The van der Waals surface area contributed by atoms with Gasteiger partial charge in [0.25, 0.3) is 0 Å². The van der Waals surface area contributed by atoms with Crippen LogP contribution in [0.15, 0.2) is 30.3 Å². The molecule has 0 amide bonds. The van der Waals surface area contributed by atoms with E-state index in [4.69, 9.17) is 5.84 Å². The molecule has 1 aromatic rings. The molecule has 2 nitrogen and oxygen atoms in total. The summed E-state index contributed by atoms with van der Waals surface area (Å²) in [7, 11) is 0. The summed E-state index contributed by atoms with van der Waals surface area (Å²) in [6.07, 6.45) is 19.7. The number of hydrogen-bond donors (Lipinski definition) is 1. The Bertz CT molecular complexity index is 377. The molecular weight excluding hydrogens is 304 g/mol. The van der Waals surface area contributed by atoms with E-state index in [1.54, 1.807) is 0 Å². The first-order valence-corrected chi connectivity index (χ1v) is 10.9. The quantitative estimate of drug-likeness (QED) is 0.190. The fourth-order valence-corrected chi connectivity index (χ4v) is 3.41. The molecule has 0 unspecified atom stereocenters. The lowest BCUT2D eigenvalue weighted by molar-refractivity contribution is 0.267. The summed E-state index contributed by atoms with van der Waals surface area (Å²) >= 11 is 0. The van der Waals surface area contributed by atoms with Crippen LogP contribution >= 0.6 is 0 Å². The molecule has 0 saturated heterocycles. The summed E-state index contributed by atoms with van der Waals surface area (Å²) in [5, 5.41) is 1.95. The fraction of sp³-hybridized carbons (Fsp3) is 0.739. The molecule has 0 aliphatic heterocycles. The molecule has 2 heteroatoms. The summed E-state index contributed by atoms with van der Waals surface area (Å²) in [4.78, 5) is 0. The number of unbranched alkanes of at least 4 members (excludes halogenated alkanes) is 13. The van der Waals surface area contributed by atoms with Crippen LogP contribution in [-0.4, -0.2) is 11.6 Å². The zero-order chi connectivity index (χ0) is 18.0. The van der Waals surface area contributed by atoms with Crippen LogP contribution in [0.4, 0.5) is 0 Å². The predicted octanol–water partition coefficient (Wildman–Crippen LogP) is 6.84. The number of hydrogen-bond acceptors (Lipinski definition) is 2. The second kappa shape index (κ2) is 16.6. The second-order valence-corrected chi connectivity index (χ2v) is 7.55. The molecule has 2 N–H and O–H groups in total. The lowest BCUT2D eigenvalue weighted by atomic mass is 10.0. The van der Waals surface area contributed by atoms with Crippen LogP contribution in [0.1, 0.15) is 102 Å². The molecule has 25 heavy (non-hydrogen) atoms. The minimum atomic E-state index is 0.860. The van der Waals surface area contributed by atoms with Crippen LogP contribution in [-0.2, 0) is 6.54 Å². The van der Waals surface area contributed by atoms with E-state index in [9.17, 15) is 0 Å². The maximum atomic E-state index is 6.09. The fourth-order valence-electron chi connectivity index (χ4n) is 3.41. The van der Waals surface area contributed by atoms with Crippen LogP contribution in [0, 0.1) is 0 Å². The molecule has 0 saturated carbocycles. The third-order valence-corrected chi connectivity index (χ3v) is 5.03. The van der Waals surface area contributed by atoms with Crippen LogP contribution in [0.2, 0.25) is 0 Å². The van der Waals surface area contributed by atoms with Crippen LogP contribution in [0.3, 0.4) is 0 Å². The van der Waals surface area contributed by atoms with Gasteiger partial charge in [-0.2, -0.15) is 0 Å². The molecule has 0 heterocycles. The topological polar surface area (TPSA) is 29.3 Å². The van der Waals surface area contributed by atoms with Gasteiger partial charge in [-0.1, -0.05) is 121 Å². The van der Waals surface area contributed by atoms with Crippen molar-refractivity contribution < 1.29 is 0 Å². The maximum absolute atomic E-state index is 6.09. The van der Waals surface area contributed by atoms with Gasteiger partial charge in [0, 0.05) is 13.1 Å². The number of hydrazine groups is 1. The molecule has 0 fully saturated rings. The van der Waals surface area contributed by atoms with Gasteiger partial charge in [-0.25, -0.2) is 5.01 Å². The molecule has 1 aromatic carbocycles. The van der Waals surface area contributed by atoms with Crippen molar-refractivity contribution in [3.05, 3.63) is 35.9 Å². The van der Waals surface area contributed by atoms with Gasteiger partial charge >= 0.3 is 0 Å². The van der Waals surface area contributed by atoms with Crippen molar-refractivity contribution in [1.29, 1.82) is 0 Å². The van der Waals surface area contributed by atoms with Gasteiger partial charge in [-0.3, -0.25) is 5.84 Å². The summed E-state index contributed by atoms with van der Waals surface area (Å²) < 4.78 is 0. The highest BCUT2D eigenvalue weighted by Crippen LogP contribution is 2.13. The highest BCUT2D eigenvalue weighted by molar-refractivity contribution is 5.14. The van der Waals surface area contributed by atoms with E-state index in [-0.39, 0.29) is 0 Å². The molecule has 1 rings (SSSR count). The average molecular weight is 347 g/mol. The van der Waals surface area contributed by atoms with Crippen LogP contribution in [0.5, 0.6) is 0 Å². The van der Waals surface area contributed by atoms with E-state index in [2.05, 4.69) is 37.3 Å². The summed E-state index contributed by atoms with van der Waals surface area (Å²) in [6, 6.07) is 10.5. The smallest absolute Gasteiger partial charge is 0.0379 e. The van der Waals surface area contributed by atoms with Gasteiger partial charge < -0.3 is 0 Å². The molecule has 0 bridgehead atoms. The van der Waals surface area contributed by atoms with Crippen molar-refractivity contribution in [1.82, 2.24) is 5.01 Å². The maximum Gasteiger partial charge on any atom is 0.0379 e. The molecular formula is C23H42N2. The van der Waals surface area contributed by atoms with Crippen molar-refractivity contribution in [2.45, 2.75) is 103 Å². The van der Waals surface area contributed by atoms with Crippen molar-refractivity contribution >= 4 is 0 Å². The molecule has 0 aromatic heterocycles. The number of rotatable bonds is 17. The molecule has 0 aliphatic rings. The second-order valence-electron chi connectivity index (χ2n) is 7.55. The van der Waals surface area contributed by atoms with E-state index in [0.717, 1.165) is 13.1 Å². The monoisotopic (exact) mass is 346 g/mol. The van der Waals surface area contributed by atoms with Gasteiger partial charge in [0.1, 0.15) is 0 Å². The lowest BCUT2D eigenvalue weighted by Crippen LogP contribution is -2.31. The third kappa shape index (κ3) is 14.0. The summed E-state index contributed by atoms with van der Waals surface area (Å²) in [5.41, 5.74) is 1.30. The Labute approximate surface area is 157 Å². The van der Waals surface area contributed by atoms with Crippen LogP contribution in [0.25, 0.3) is 0 Å². The Morgan fingerprint density at radius 2 is 1.08 bits per heavy atom.